The molecule has 0 spiro atoms. The van der Waals surface area contributed by atoms with Crippen molar-refractivity contribution in [2.75, 3.05) is 16.0 Å². The van der Waals surface area contributed by atoms with Crippen molar-refractivity contribution in [3.05, 3.63) is 70.2 Å². The van der Waals surface area contributed by atoms with E-state index < -0.39 is 23.7 Å². The Hall–Kier alpha value is -3.40. The average Bonchev–Trinajstić information content (AvgIpc) is 3.01. The predicted molar refractivity (Wildman–Crippen MR) is 110 cm³/mol. The van der Waals surface area contributed by atoms with Crippen molar-refractivity contribution >= 4 is 39.8 Å². The fraction of sp³-hybridized carbons (Fsp3) is 0.150. The van der Waals surface area contributed by atoms with Crippen LogP contribution in [0.5, 0.6) is 0 Å². The first-order valence-corrected chi connectivity index (χ1v) is 9.54. The molecular weight excluding hydrogens is 417 g/mol. The summed E-state index contributed by atoms with van der Waals surface area (Å²) in [5.41, 5.74) is 1.39. The normalized spacial score (nSPS) is 11.1. The number of hydrogen-bond donors (Lipinski definition) is 3. The van der Waals surface area contributed by atoms with Crippen molar-refractivity contribution in [2.45, 2.75) is 20.0 Å². The molecule has 1 heterocycles. The summed E-state index contributed by atoms with van der Waals surface area (Å²) < 4.78 is 37.9. The highest BCUT2D eigenvalue weighted by Gasteiger charge is 2.30. The van der Waals surface area contributed by atoms with Crippen LogP contribution in [0.3, 0.4) is 0 Å². The van der Waals surface area contributed by atoms with Gasteiger partial charge >= 0.3 is 12.2 Å². The number of amides is 3. The third-order valence-electron chi connectivity index (χ3n) is 3.97. The minimum absolute atomic E-state index is 0.215. The summed E-state index contributed by atoms with van der Waals surface area (Å²) in [6.07, 6.45) is -4.45. The SMILES string of the molecule is Cc1cccc(NC(=O)Nc2nc(C)c(C(=O)Nc3ccc(C(F)(F)F)cc3)s2)c1. The molecule has 3 aromatic rings. The van der Waals surface area contributed by atoms with E-state index in [1.165, 1.54) is 12.1 Å². The number of nitrogens with zero attached hydrogens (tertiary/aromatic N) is 1. The lowest BCUT2D eigenvalue weighted by molar-refractivity contribution is -0.137. The summed E-state index contributed by atoms with van der Waals surface area (Å²) in [7, 11) is 0. The molecule has 0 radical (unpaired) electrons. The number of thiazole rings is 1. The Balaban J connectivity index is 1.65. The minimum atomic E-state index is -4.45. The number of urea groups is 1. The van der Waals surface area contributed by atoms with Gasteiger partial charge in [0.2, 0.25) is 0 Å². The van der Waals surface area contributed by atoms with Gasteiger partial charge in [0, 0.05) is 11.4 Å². The van der Waals surface area contributed by atoms with Crippen molar-refractivity contribution < 1.29 is 22.8 Å². The van der Waals surface area contributed by atoms with Crippen LogP contribution in [0.15, 0.2) is 48.5 Å². The van der Waals surface area contributed by atoms with E-state index in [0.717, 1.165) is 29.0 Å². The van der Waals surface area contributed by atoms with E-state index in [4.69, 9.17) is 0 Å². The van der Waals surface area contributed by atoms with Gasteiger partial charge < -0.3 is 10.6 Å². The van der Waals surface area contributed by atoms with Gasteiger partial charge in [-0.2, -0.15) is 13.2 Å². The Morgan fingerprint density at radius 1 is 0.933 bits per heavy atom. The zero-order chi connectivity index (χ0) is 21.9. The van der Waals surface area contributed by atoms with Gasteiger partial charge in [-0.05, 0) is 55.8 Å². The lowest BCUT2D eigenvalue weighted by Crippen LogP contribution is -2.19. The number of alkyl halides is 3. The number of carbonyl (C=O) groups excluding carboxylic acids is 2. The van der Waals surface area contributed by atoms with Crippen LogP contribution in [0.2, 0.25) is 0 Å². The predicted octanol–water partition coefficient (Wildman–Crippen LogP) is 5.68. The van der Waals surface area contributed by atoms with Crippen LogP contribution in [-0.4, -0.2) is 16.9 Å². The molecule has 6 nitrogen and oxygen atoms in total. The maximum absolute atomic E-state index is 12.6. The van der Waals surface area contributed by atoms with Crippen molar-refractivity contribution in [1.29, 1.82) is 0 Å². The third-order valence-corrected chi connectivity index (χ3v) is 5.04. The Kier molecular flexibility index (Phi) is 6.06. The van der Waals surface area contributed by atoms with E-state index in [-0.39, 0.29) is 15.7 Å². The first-order chi connectivity index (χ1) is 14.1. The van der Waals surface area contributed by atoms with Gasteiger partial charge in [0.1, 0.15) is 4.88 Å². The van der Waals surface area contributed by atoms with Gasteiger partial charge in [-0.25, -0.2) is 9.78 Å². The fourth-order valence-corrected chi connectivity index (χ4v) is 3.43. The number of hydrogen-bond acceptors (Lipinski definition) is 4. The van der Waals surface area contributed by atoms with Gasteiger partial charge in [-0.3, -0.25) is 10.1 Å². The molecule has 10 heteroatoms. The van der Waals surface area contributed by atoms with Crippen LogP contribution < -0.4 is 16.0 Å². The first kappa shape index (κ1) is 21.3. The number of aromatic nitrogens is 1. The molecule has 0 atom stereocenters. The van der Waals surface area contributed by atoms with Crippen LogP contribution in [0.25, 0.3) is 0 Å². The van der Waals surface area contributed by atoms with E-state index in [9.17, 15) is 22.8 Å². The zero-order valence-corrected chi connectivity index (χ0v) is 16.7. The summed E-state index contributed by atoms with van der Waals surface area (Å²) in [4.78, 5) is 29.0. The largest absolute Gasteiger partial charge is 0.416 e. The summed E-state index contributed by atoms with van der Waals surface area (Å²) in [6, 6.07) is 10.9. The lowest BCUT2D eigenvalue weighted by Gasteiger charge is -2.08. The molecule has 0 saturated carbocycles. The fourth-order valence-electron chi connectivity index (χ4n) is 2.57. The number of anilines is 3. The van der Waals surface area contributed by atoms with Crippen molar-refractivity contribution in [3.8, 4) is 0 Å². The van der Waals surface area contributed by atoms with Crippen LogP contribution in [-0.2, 0) is 6.18 Å². The molecule has 3 N–H and O–H groups in total. The average molecular weight is 434 g/mol. The maximum Gasteiger partial charge on any atom is 0.416 e. The summed E-state index contributed by atoms with van der Waals surface area (Å²) in [5, 5.41) is 7.98. The summed E-state index contributed by atoms with van der Waals surface area (Å²) >= 11 is 0.961. The molecule has 0 fully saturated rings. The van der Waals surface area contributed by atoms with Crippen LogP contribution in [0.4, 0.5) is 34.5 Å². The van der Waals surface area contributed by atoms with Crippen molar-refractivity contribution in [1.82, 2.24) is 4.98 Å². The van der Waals surface area contributed by atoms with Crippen LogP contribution in [0.1, 0.15) is 26.5 Å². The number of nitrogens with one attached hydrogen (secondary N) is 3. The van der Waals surface area contributed by atoms with Gasteiger partial charge in [0.15, 0.2) is 5.13 Å². The smallest absolute Gasteiger partial charge is 0.321 e. The second kappa shape index (κ2) is 8.54. The molecule has 0 unspecified atom stereocenters. The van der Waals surface area contributed by atoms with E-state index in [0.29, 0.717) is 11.4 Å². The molecule has 0 bridgehead atoms. The molecule has 0 aliphatic carbocycles. The highest BCUT2D eigenvalue weighted by atomic mass is 32.1. The standard InChI is InChI=1S/C20H17F3N4O2S/c1-11-4-3-5-15(10-11)26-18(29)27-19-24-12(2)16(30-19)17(28)25-14-8-6-13(7-9-14)20(21,22)23/h3-10H,1-2H3,(H,25,28)(H2,24,26,27,29). The molecule has 156 valence electrons. The van der Waals surface area contributed by atoms with Gasteiger partial charge in [-0.1, -0.05) is 23.5 Å². The second-order valence-corrected chi connectivity index (χ2v) is 7.41. The van der Waals surface area contributed by atoms with Gasteiger partial charge in [0.05, 0.1) is 11.3 Å². The van der Waals surface area contributed by atoms with E-state index >= 15 is 0 Å². The zero-order valence-electron chi connectivity index (χ0n) is 15.9. The van der Waals surface area contributed by atoms with Crippen LogP contribution in [0, 0.1) is 13.8 Å². The third kappa shape index (κ3) is 5.35. The first-order valence-electron chi connectivity index (χ1n) is 8.72. The summed E-state index contributed by atoms with van der Waals surface area (Å²) in [6.45, 7) is 3.50. The molecule has 30 heavy (non-hydrogen) atoms. The Labute approximate surface area is 174 Å². The molecule has 1 aromatic heterocycles. The highest BCUT2D eigenvalue weighted by molar-refractivity contribution is 7.17. The number of rotatable bonds is 4. The highest BCUT2D eigenvalue weighted by Crippen LogP contribution is 2.30. The second-order valence-electron chi connectivity index (χ2n) is 6.41. The Bertz CT molecular complexity index is 1080. The van der Waals surface area contributed by atoms with E-state index in [1.807, 2.05) is 19.1 Å². The molecule has 0 aliphatic rings. The van der Waals surface area contributed by atoms with Crippen LogP contribution >= 0.6 is 11.3 Å². The van der Waals surface area contributed by atoms with E-state index in [1.54, 1.807) is 19.1 Å². The Morgan fingerprint density at radius 3 is 2.27 bits per heavy atom. The maximum atomic E-state index is 12.6. The number of benzene rings is 2. The molecule has 2 aromatic carbocycles. The van der Waals surface area contributed by atoms with E-state index in [2.05, 4.69) is 20.9 Å². The molecule has 3 rings (SSSR count). The number of aryl methyl sites for hydroxylation is 2. The monoisotopic (exact) mass is 434 g/mol. The molecule has 0 saturated heterocycles. The quantitative estimate of drug-likeness (QED) is 0.494. The van der Waals surface area contributed by atoms with Crippen molar-refractivity contribution in [2.24, 2.45) is 0 Å². The molecule has 3 amide bonds. The van der Waals surface area contributed by atoms with Gasteiger partial charge in [0.25, 0.3) is 5.91 Å². The topological polar surface area (TPSA) is 83.1 Å². The summed E-state index contributed by atoms with van der Waals surface area (Å²) in [5.74, 6) is -0.531. The van der Waals surface area contributed by atoms with Gasteiger partial charge in [-0.15, -0.1) is 0 Å². The number of halogens is 3. The number of carbonyl (C=O) groups is 2. The Morgan fingerprint density at radius 2 is 1.63 bits per heavy atom. The molecular formula is C20H17F3N4O2S. The minimum Gasteiger partial charge on any atom is -0.321 e. The lowest BCUT2D eigenvalue weighted by atomic mass is 10.2. The molecule has 0 aliphatic heterocycles. The van der Waals surface area contributed by atoms with Crippen molar-refractivity contribution in [3.63, 3.8) is 0 Å².